The third-order valence-electron chi connectivity index (χ3n) is 3.96. The van der Waals surface area contributed by atoms with E-state index in [4.69, 9.17) is 4.74 Å². The molecule has 0 aliphatic heterocycles. The van der Waals surface area contributed by atoms with Gasteiger partial charge in [0.05, 0.1) is 17.5 Å². The maximum Gasteiger partial charge on any atom is 0.329 e. The number of thioether (sulfide) groups is 1. The molecule has 0 saturated heterocycles. The fraction of sp³-hybridized carbons (Fsp3) is 0.550. The van der Waals surface area contributed by atoms with Crippen molar-refractivity contribution in [1.29, 1.82) is 0 Å². The average Bonchev–Trinajstić information content (AvgIpc) is 2.64. The van der Waals surface area contributed by atoms with Gasteiger partial charge < -0.3 is 10.1 Å². The third-order valence-corrected chi connectivity index (χ3v) is 6.52. The number of rotatable bonds is 11. The highest BCUT2D eigenvalue weighted by atomic mass is 32.2. The fourth-order valence-electron chi connectivity index (χ4n) is 2.56. The second-order valence-corrected chi connectivity index (χ2v) is 9.99. The Bertz CT molecular complexity index is 837. The molecule has 0 spiro atoms. The van der Waals surface area contributed by atoms with E-state index >= 15 is 0 Å². The molecule has 1 aromatic carbocycles. The normalized spacial score (nSPS) is 13.5. The maximum absolute atomic E-state index is 12.8. The molecule has 0 aliphatic carbocycles. The van der Waals surface area contributed by atoms with Crippen molar-refractivity contribution >= 4 is 38.8 Å². The van der Waals surface area contributed by atoms with Crippen LogP contribution in [-0.2, 0) is 29.1 Å². The Balaban J connectivity index is 2.93. The number of nitrogens with one attached hydrogen (secondary N) is 2. The van der Waals surface area contributed by atoms with Gasteiger partial charge in [-0.3, -0.25) is 9.59 Å². The summed E-state index contributed by atoms with van der Waals surface area (Å²) >= 11 is 0.788. The summed E-state index contributed by atoms with van der Waals surface area (Å²) in [4.78, 5) is 36.2. The number of carbonyl (C=O) groups is 3. The van der Waals surface area contributed by atoms with Gasteiger partial charge in [0.1, 0.15) is 6.04 Å². The first kappa shape index (κ1) is 26.1. The molecule has 30 heavy (non-hydrogen) atoms. The predicted octanol–water partition coefficient (Wildman–Crippen LogP) is 2.02. The van der Waals surface area contributed by atoms with Crippen molar-refractivity contribution < 1.29 is 27.5 Å². The number of sulfonamides is 1. The number of amides is 1. The smallest absolute Gasteiger partial charge is 0.329 e. The molecule has 2 N–H and O–H groups in total. The van der Waals surface area contributed by atoms with E-state index in [1.54, 1.807) is 19.1 Å². The lowest BCUT2D eigenvalue weighted by Gasteiger charge is -2.21. The van der Waals surface area contributed by atoms with Crippen molar-refractivity contribution in [3.05, 3.63) is 29.8 Å². The van der Waals surface area contributed by atoms with Crippen molar-refractivity contribution in [3.8, 4) is 0 Å². The van der Waals surface area contributed by atoms with Crippen LogP contribution in [0, 0.1) is 12.8 Å². The minimum atomic E-state index is -3.89. The van der Waals surface area contributed by atoms with Crippen LogP contribution in [0.25, 0.3) is 0 Å². The SMILES string of the molecule is CCOC(=O)[C@H](CSC(=O)[C@H](CC(C)C)NS(=O)(=O)c1ccc(C)cc1)NC(C)=O. The lowest BCUT2D eigenvalue weighted by molar-refractivity contribution is -0.146. The Morgan fingerprint density at radius 3 is 2.20 bits per heavy atom. The summed E-state index contributed by atoms with van der Waals surface area (Å²) in [6.07, 6.45) is 0.293. The molecule has 0 bridgehead atoms. The number of benzene rings is 1. The van der Waals surface area contributed by atoms with Gasteiger partial charge in [-0.15, -0.1) is 0 Å². The Morgan fingerprint density at radius 2 is 1.70 bits per heavy atom. The standard InChI is InChI=1S/C20H30N2O6S2/c1-6-28-19(24)18(21-15(5)23)12-29-20(25)17(11-13(2)3)22-30(26,27)16-9-7-14(4)8-10-16/h7-10,13,17-18,22H,6,11-12H2,1-5H3,(H,21,23)/t17-,18-/m0/s1. The van der Waals surface area contributed by atoms with Crippen LogP contribution in [0.1, 0.15) is 39.7 Å². The third kappa shape index (κ3) is 8.85. The molecule has 0 heterocycles. The molecular formula is C20H30N2O6S2. The van der Waals surface area contributed by atoms with Crippen LogP contribution < -0.4 is 10.0 Å². The summed E-state index contributed by atoms with van der Waals surface area (Å²) in [6.45, 7) is 8.64. The minimum absolute atomic E-state index is 0.0523. The second kappa shape index (κ2) is 12.1. The van der Waals surface area contributed by atoms with E-state index in [2.05, 4.69) is 10.0 Å². The van der Waals surface area contributed by atoms with Crippen molar-refractivity contribution in [2.75, 3.05) is 12.4 Å². The van der Waals surface area contributed by atoms with Crippen molar-refractivity contribution in [2.24, 2.45) is 5.92 Å². The first-order chi connectivity index (χ1) is 14.0. The van der Waals surface area contributed by atoms with Crippen molar-refractivity contribution in [3.63, 3.8) is 0 Å². The summed E-state index contributed by atoms with van der Waals surface area (Å²) in [7, 11) is -3.89. The quantitative estimate of drug-likeness (QED) is 0.487. The molecule has 10 heteroatoms. The summed E-state index contributed by atoms with van der Waals surface area (Å²) in [5.74, 6) is -1.08. The summed E-state index contributed by atoms with van der Waals surface area (Å²) < 4.78 is 32.8. The first-order valence-electron chi connectivity index (χ1n) is 9.65. The van der Waals surface area contributed by atoms with E-state index in [0.717, 1.165) is 17.3 Å². The molecule has 0 radical (unpaired) electrons. The number of esters is 1. The highest BCUT2D eigenvalue weighted by Gasteiger charge is 2.29. The van der Waals surface area contributed by atoms with Crippen LogP contribution in [0.4, 0.5) is 0 Å². The zero-order chi connectivity index (χ0) is 22.9. The van der Waals surface area contributed by atoms with E-state index in [1.165, 1.54) is 19.1 Å². The molecule has 8 nitrogen and oxygen atoms in total. The molecule has 1 aromatic rings. The Labute approximate surface area is 182 Å². The van der Waals surface area contributed by atoms with Crippen molar-refractivity contribution in [1.82, 2.24) is 10.0 Å². The largest absolute Gasteiger partial charge is 0.464 e. The van der Waals surface area contributed by atoms with Crippen LogP contribution in [0.15, 0.2) is 29.2 Å². The van der Waals surface area contributed by atoms with Crippen LogP contribution in [0.2, 0.25) is 0 Å². The first-order valence-corrected chi connectivity index (χ1v) is 12.1. The van der Waals surface area contributed by atoms with E-state index in [1.807, 2.05) is 20.8 Å². The highest BCUT2D eigenvalue weighted by Crippen LogP contribution is 2.18. The zero-order valence-corrected chi connectivity index (χ0v) is 19.6. The number of hydrogen-bond acceptors (Lipinski definition) is 7. The fourth-order valence-corrected chi connectivity index (χ4v) is 4.75. The molecule has 0 aromatic heterocycles. The van der Waals surface area contributed by atoms with Gasteiger partial charge >= 0.3 is 5.97 Å². The molecule has 2 atom stereocenters. The van der Waals surface area contributed by atoms with Crippen LogP contribution >= 0.6 is 11.8 Å². The van der Waals surface area contributed by atoms with Gasteiger partial charge in [0.25, 0.3) is 0 Å². The summed E-state index contributed by atoms with van der Waals surface area (Å²) in [5.41, 5.74) is 0.919. The monoisotopic (exact) mass is 458 g/mol. The minimum Gasteiger partial charge on any atom is -0.464 e. The second-order valence-electron chi connectivity index (χ2n) is 7.25. The molecule has 1 rings (SSSR count). The van der Waals surface area contributed by atoms with Crippen LogP contribution in [0.3, 0.4) is 0 Å². The van der Waals surface area contributed by atoms with Gasteiger partial charge in [0.2, 0.25) is 21.0 Å². The van der Waals surface area contributed by atoms with E-state index < -0.39 is 39.1 Å². The van der Waals surface area contributed by atoms with Gasteiger partial charge in [-0.1, -0.05) is 43.3 Å². The molecule has 0 aliphatic rings. The summed E-state index contributed by atoms with van der Waals surface area (Å²) in [5, 5.41) is 2.02. The Kier molecular flexibility index (Phi) is 10.5. The molecule has 0 unspecified atom stereocenters. The number of ether oxygens (including phenoxy) is 1. The van der Waals surface area contributed by atoms with Gasteiger partial charge in [0, 0.05) is 12.7 Å². The van der Waals surface area contributed by atoms with Crippen molar-refractivity contribution in [2.45, 2.75) is 58.0 Å². The van der Waals surface area contributed by atoms with Crippen LogP contribution in [0.5, 0.6) is 0 Å². The molecule has 0 saturated carbocycles. The molecule has 168 valence electrons. The van der Waals surface area contributed by atoms with Crippen LogP contribution in [-0.4, -0.2) is 49.9 Å². The molecular weight excluding hydrogens is 428 g/mol. The topological polar surface area (TPSA) is 119 Å². The highest BCUT2D eigenvalue weighted by molar-refractivity contribution is 8.13. The van der Waals surface area contributed by atoms with Gasteiger partial charge in [-0.2, -0.15) is 4.72 Å². The van der Waals surface area contributed by atoms with Gasteiger partial charge in [-0.25, -0.2) is 13.2 Å². The Hall–Kier alpha value is -1.91. The molecule has 1 amide bonds. The number of aryl methyl sites for hydroxylation is 1. The van der Waals surface area contributed by atoms with E-state index in [-0.39, 0.29) is 23.2 Å². The average molecular weight is 459 g/mol. The number of carbonyl (C=O) groups excluding carboxylic acids is 3. The zero-order valence-electron chi connectivity index (χ0n) is 17.9. The van der Waals surface area contributed by atoms with Gasteiger partial charge in [0.15, 0.2) is 0 Å². The maximum atomic E-state index is 12.8. The lowest BCUT2D eigenvalue weighted by Crippen LogP contribution is -2.44. The lowest BCUT2D eigenvalue weighted by atomic mass is 10.1. The van der Waals surface area contributed by atoms with E-state index in [0.29, 0.717) is 6.42 Å². The van der Waals surface area contributed by atoms with Gasteiger partial charge in [-0.05, 0) is 38.3 Å². The summed E-state index contributed by atoms with van der Waals surface area (Å²) in [6, 6.07) is 4.36. The Morgan fingerprint density at radius 1 is 1.10 bits per heavy atom. The number of hydrogen-bond donors (Lipinski definition) is 2. The molecule has 0 fully saturated rings. The predicted molar refractivity (Wildman–Crippen MR) is 116 cm³/mol. The van der Waals surface area contributed by atoms with E-state index in [9.17, 15) is 22.8 Å².